The van der Waals surface area contributed by atoms with Gasteiger partial charge in [-0.25, -0.2) is 13.1 Å². The highest BCUT2D eigenvalue weighted by Crippen LogP contribution is 2.04. The van der Waals surface area contributed by atoms with E-state index in [2.05, 4.69) is 14.7 Å². The van der Waals surface area contributed by atoms with E-state index in [0.717, 1.165) is 11.8 Å². The average Bonchev–Trinajstić information content (AvgIpc) is 2.25. The van der Waals surface area contributed by atoms with Gasteiger partial charge in [0.25, 0.3) is 0 Å². The first-order valence-electron chi connectivity index (χ1n) is 5.03. The van der Waals surface area contributed by atoms with E-state index < -0.39 is 16.1 Å². The van der Waals surface area contributed by atoms with E-state index in [4.69, 9.17) is 5.53 Å². The fraction of sp³-hybridized carbons (Fsp3) is 0.400. The van der Waals surface area contributed by atoms with Crippen molar-refractivity contribution in [3.8, 4) is 0 Å². The first kappa shape index (κ1) is 13.5. The average molecular weight is 254 g/mol. The van der Waals surface area contributed by atoms with Crippen LogP contribution in [-0.2, 0) is 16.4 Å². The molecule has 0 aliphatic rings. The third-order valence-corrected chi connectivity index (χ3v) is 2.83. The highest BCUT2D eigenvalue weighted by molar-refractivity contribution is 7.88. The molecule has 0 saturated heterocycles. The van der Waals surface area contributed by atoms with Gasteiger partial charge in [-0.05, 0) is 17.5 Å². The zero-order chi connectivity index (χ0) is 12.7. The van der Waals surface area contributed by atoms with Crippen LogP contribution in [0.15, 0.2) is 35.4 Å². The number of hydrogen-bond donors (Lipinski definition) is 1. The monoisotopic (exact) mass is 254 g/mol. The van der Waals surface area contributed by atoms with Crippen LogP contribution in [0.2, 0.25) is 0 Å². The summed E-state index contributed by atoms with van der Waals surface area (Å²) in [6.07, 6.45) is 1.58. The Hall–Kier alpha value is -1.56. The van der Waals surface area contributed by atoms with Gasteiger partial charge in [0, 0.05) is 17.5 Å². The maximum Gasteiger partial charge on any atom is 0.208 e. The van der Waals surface area contributed by atoms with Crippen LogP contribution in [0.25, 0.3) is 10.4 Å². The van der Waals surface area contributed by atoms with Crippen molar-refractivity contribution in [3.63, 3.8) is 0 Å². The molecule has 1 atom stereocenters. The number of nitrogens with zero attached hydrogens (tertiary/aromatic N) is 3. The molecule has 1 rings (SSSR count). The summed E-state index contributed by atoms with van der Waals surface area (Å²) < 4.78 is 24.7. The summed E-state index contributed by atoms with van der Waals surface area (Å²) in [6.45, 7) is 0.0957. The van der Waals surface area contributed by atoms with Crippen molar-refractivity contribution in [2.45, 2.75) is 12.5 Å². The second-order valence-corrected chi connectivity index (χ2v) is 5.47. The fourth-order valence-corrected chi connectivity index (χ4v) is 2.24. The summed E-state index contributed by atoms with van der Waals surface area (Å²) in [5.74, 6) is 0. The summed E-state index contributed by atoms with van der Waals surface area (Å²) in [5.41, 5.74) is 9.25. The summed E-state index contributed by atoms with van der Waals surface area (Å²) in [4.78, 5) is 2.64. The Kier molecular flexibility index (Phi) is 4.96. The topological polar surface area (TPSA) is 94.9 Å². The van der Waals surface area contributed by atoms with Crippen molar-refractivity contribution in [1.29, 1.82) is 0 Å². The predicted molar refractivity (Wildman–Crippen MR) is 65.9 cm³/mol. The summed E-state index contributed by atoms with van der Waals surface area (Å²) in [7, 11) is -3.31. The SMILES string of the molecule is CS(=O)(=O)N[C@H](CN=[N+]=[N-])Cc1ccccc1. The maximum atomic E-state index is 11.1. The van der Waals surface area contributed by atoms with Gasteiger partial charge < -0.3 is 0 Å². The van der Waals surface area contributed by atoms with Gasteiger partial charge in [0.15, 0.2) is 0 Å². The van der Waals surface area contributed by atoms with Crippen LogP contribution in [0, 0.1) is 0 Å². The highest BCUT2D eigenvalue weighted by atomic mass is 32.2. The molecule has 17 heavy (non-hydrogen) atoms. The van der Waals surface area contributed by atoms with E-state index in [1.165, 1.54) is 0 Å². The third kappa shape index (κ3) is 5.91. The summed E-state index contributed by atoms with van der Waals surface area (Å²) in [5, 5.41) is 3.41. The molecule has 1 N–H and O–H groups in total. The third-order valence-electron chi connectivity index (χ3n) is 2.07. The molecule has 0 spiro atoms. The molecule has 7 heteroatoms. The van der Waals surface area contributed by atoms with E-state index in [-0.39, 0.29) is 6.54 Å². The zero-order valence-electron chi connectivity index (χ0n) is 9.44. The molecule has 0 unspecified atom stereocenters. The molecule has 1 aromatic carbocycles. The molecule has 0 aliphatic heterocycles. The largest absolute Gasteiger partial charge is 0.213 e. The van der Waals surface area contributed by atoms with Gasteiger partial charge in [-0.1, -0.05) is 35.4 Å². The van der Waals surface area contributed by atoms with Gasteiger partial charge in [-0.2, -0.15) is 0 Å². The van der Waals surface area contributed by atoms with E-state index in [9.17, 15) is 8.42 Å². The van der Waals surface area contributed by atoms with E-state index in [0.29, 0.717) is 6.42 Å². The van der Waals surface area contributed by atoms with E-state index >= 15 is 0 Å². The molecule has 0 bridgehead atoms. The molecular formula is C10H14N4O2S. The lowest BCUT2D eigenvalue weighted by atomic mass is 10.1. The Bertz CT molecular complexity index is 494. The van der Waals surface area contributed by atoms with Crippen LogP contribution in [0.5, 0.6) is 0 Å². The molecule has 0 aromatic heterocycles. The number of rotatable bonds is 6. The molecule has 0 fully saturated rings. The number of hydrogen-bond acceptors (Lipinski definition) is 3. The van der Waals surface area contributed by atoms with Crippen LogP contribution in [0.4, 0.5) is 0 Å². The lowest BCUT2D eigenvalue weighted by Gasteiger charge is -2.14. The first-order chi connectivity index (χ1) is 8.01. The lowest BCUT2D eigenvalue weighted by molar-refractivity contribution is 0.553. The Morgan fingerprint density at radius 2 is 2.06 bits per heavy atom. The molecule has 0 saturated carbocycles. The van der Waals surface area contributed by atoms with Crippen LogP contribution in [-0.4, -0.2) is 27.3 Å². The van der Waals surface area contributed by atoms with Crippen molar-refractivity contribution < 1.29 is 8.42 Å². The van der Waals surface area contributed by atoms with Gasteiger partial charge in [0.2, 0.25) is 10.0 Å². The Morgan fingerprint density at radius 3 is 2.59 bits per heavy atom. The number of nitrogens with one attached hydrogen (secondary N) is 1. The smallest absolute Gasteiger partial charge is 0.208 e. The molecule has 6 nitrogen and oxygen atoms in total. The van der Waals surface area contributed by atoms with Gasteiger partial charge >= 0.3 is 0 Å². The number of benzene rings is 1. The van der Waals surface area contributed by atoms with Gasteiger partial charge in [-0.15, -0.1) is 0 Å². The molecule has 92 valence electrons. The quantitative estimate of drug-likeness (QED) is 0.472. The minimum absolute atomic E-state index is 0.0957. The second-order valence-electron chi connectivity index (χ2n) is 3.69. The molecule has 0 aliphatic carbocycles. The summed E-state index contributed by atoms with van der Waals surface area (Å²) in [6, 6.07) is 9.01. The van der Waals surface area contributed by atoms with Gasteiger partial charge in [0.05, 0.1) is 6.26 Å². The van der Waals surface area contributed by atoms with Crippen molar-refractivity contribution in [2.75, 3.05) is 12.8 Å². The molecular weight excluding hydrogens is 240 g/mol. The first-order valence-corrected chi connectivity index (χ1v) is 6.92. The number of azide groups is 1. The minimum atomic E-state index is -3.31. The van der Waals surface area contributed by atoms with Gasteiger partial charge in [0.1, 0.15) is 0 Å². The second kappa shape index (κ2) is 6.24. The normalized spacial score (nSPS) is 12.8. The van der Waals surface area contributed by atoms with Gasteiger partial charge in [-0.3, -0.25) is 0 Å². The molecule has 0 radical (unpaired) electrons. The maximum absolute atomic E-state index is 11.1. The van der Waals surface area contributed by atoms with Crippen molar-refractivity contribution >= 4 is 10.0 Å². The Labute approximate surface area is 100 Å². The molecule has 1 aromatic rings. The van der Waals surface area contributed by atoms with Crippen LogP contribution < -0.4 is 4.72 Å². The Morgan fingerprint density at radius 1 is 1.41 bits per heavy atom. The molecule has 0 heterocycles. The highest BCUT2D eigenvalue weighted by Gasteiger charge is 2.13. The zero-order valence-corrected chi connectivity index (χ0v) is 10.3. The standard InChI is InChI=1S/C10H14N4O2S/c1-17(15,16)13-10(8-12-14-11)7-9-5-3-2-4-6-9/h2-6,10,13H,7-8H2,1H3/t10-/m0/s1. The van der Waals surface area contributed by atoms with Crippen molar-refractivity contribution in [3.05, 3.63) is 46.3 Å². The van der Waals surface area contributed by atoms with Crippen LogP contribution in [0.1, 0.15) is 5.56 Å². The Balaban J connectivity index is 2.73. The number of sulfonamides is 1. The van der Waals surface area contributed by atoms with E-state index in [1.54, 1.807) is 0 Å². The minimum Gasteiger partial charge on any atom is -0.213 e. The lowest BCUT2D eigenvalue weighted by Crippen LogP contribution is -2.37. The van der Waals surface area contributed by atoms with Crippen molar-refractivity contribution in [1.82, 2.24) is 4.72 Å². The summed E-state index contributed by atoms with van der Waals surface area (Å²) >= 11 is 0. The fourth-order valence-electron chi connectivity index (χ4n) is 1.48. The molecule has 0 amide bonds. The van der Waals surface area contributed by atoms with Crippen LogP contribution >= 0.6 is 0 Å². The van der Waals surface area contributed by atoms with Crippen LogP contribution in [0.3, 0.4) is 0 Å². The van der Waals surface area contributed by atoms with E-state index in [1.807, 2.05) is 30.3 Å². The van der Waals surface area contributed by atoms with Crippen molar-refractivity contribution in [2.24, 2.45) is 5.11 Å². The predicted octanol–water partition coefficient (Wildman–Crippen LogP) is 1.46.